The van der Waals surface area contributed by atoms with Crippen molar-refractivity contribution in [2.24, 2.45) is 34.5 Å². The van der Waals surface area contributed by atoms with Gasteiger partial charge in [0.2, 0.25) is 0 Å². The highest BCUT2D eigenvalue weighted by Crippen LogP contribution is 2.63. The standard InChI is InChI=1S/C27H40FNO2/c1-18-4-9-24-23(16-29-15-19-5-7-21(28)8-6-19)25(11-13-26(18,24)2)27(3)12-10-22(31)14-20(27)17-30/h5-8,20,22-25,29-31H,1,4,9-17H2,2-3H3/t20-,22+,23+,24+,25+,26-,27+/m1/s1. The van der Waals surface area contributed by atoms with Crippen molar-refractivity contribution in [1.29, 1.82) is 0 Å². The molecule has 0 bridgehead atoms. The zero-order chi connectivity index (χ0) is 22.2. The third-order valence-corrected chi connectivity index (χ3v) is 9.59. The molecular weight excluding hydrogens is 389 g/mol. The molecule has 0 saturated heterocycles. The van der Waals surface area contributed by atoms with Gasteiger partial charge in [-0.2, -0.15) is 0 Å². The zero-order valence-electron chi connectivity index (χ0n) is 19.2. The Bertz CT molecular complexity index is 780. The van der Waals surface area contributed by atoms with Crippen LogP contribution in [-0.2, 0) is 6.54 Å². The molecule has 3 saturated carbocycles. The minimum Gasteiger partial charge on any atom is -0.396 e. The van der Waals surface area contributed by atoms with E-state index in [9.17, 15) is 14.6 Å². The molecule has 0 radical (unpaired) electrons. The van der Waals surface area contributed by atoms with E-state index >= 15 is 0 Å². The van der Waals surface area contributed by atoms with E-state index in [0.717, 1.165) is 44.3 Å². The lowest BCUT2D eigenvalue weighted by molar-refractivity contribution is -0.0933. The van der Waals surface area contributed by atoms with E-state index in [2.05, 4.69) is 25.7 Å². The molecule has 31 heavy (non-hydrogen) atoms. The number of nitrogens with one attached hydrogen (secondary N) is 1. The maximum atomic E-state index is 13.3. The summed E-state index contributed by atoms with van der Waals surface area (Å²) in [6.45, 7) is 11.1. The number of rotatable bonds is 6. The maximum absolute atomic E-state index is 13.3. The number of halogens is 1. The lowest BCUT2D eigenvalue weighted by atomic mass is 9.49. The molecule has 1 aromatic carbocycles. The van der Waals surface area contributed by atoms with Crippen LogP contribution in [0.15, 0.2) is 36.4 Å². The summed E-state index contributed by atoms with van der Waals surface area (Å²) in [5, 5.41) is 24.2. The second kappa shape index (κ2) is 8.96. The highest BCUT2D eigenvalue weighted by Gasteiger charge is 2.56. The molecule has 3 N–H and O–H groups in total. The number of allylic oxidation sites excluding steroid dienone is 1. The monoisotopic (exact) mass is 429 g/mol. The Labute approximate surface area is 187 Å². The van der Waals surface area contributed by atoms with Gasteiger partial charge in [-0.15, -0.1) is 0 Å². The second-order valence-corrected chi connectivity index (χ2v) is 11.0. The minimum absolute atomic E-state index is 0.0570. The first-order valence-corrected chi connectivity index (χ1v) is 12.2. The van der Waals surface area contributed by atoms with Crippen LogP contribution in [0.5, 0.6) is 0 Å². The molecule has 0 aromatic heterocycles. The van der Waals surface area contributed by atoms with Gasteiger partial charge < -0.3 is 15.5 Å². The zero-order valence-corrected chi connectivity index (χ0v) is 19.2. The van der Waals surface area contributed by atoms with E-state index < -0.39 is 0 Å². The number of aliphatic hydroxyl groups is 2. The quantitative estimate of drug-likeness (QED) is 0.553. The van der Waals surface area contributed by atoms with Gasteiger partial charge in [-0.3, -0.25) is 0 Å². The molecule has 7 atom stereocenters. The summed E-state index contributed by atoms with van der Waals surface area (Å²) in [5.74, 6) is 1.63. The van der Waals surface area contributed by atoms with Crippen LogP contribution in [0.25, 0.3) is 0 Å². The number of fused-ring (bicyclic) bond motifs is 1. The molecule has 172 valence electrons. The molecule has 3 aliphatic rings. The molecule has 4 rings (SSSR count). The highest BCUT2D eigenvalue weighted by atomic mass is 19.1. The molecule has 4 heteroatoms. The summed E-state index contributed by atoms with van der Waals surface area (Å²) < 4.78 is 13.3. The van der Waals surface area contributed by atoms with E-state index in [1.165, 1.54) is 30.5 Å². The van der Waals surface area contributed by atoms with Gasteiger partial charge in [-0.25, -0.2) is 4.39 Å². The molecule has 3 nitrogen and oxygen atoms in total. The number of benzene rings is 1. The van der Waals surface area contributed by atoms with Gasteiger partial charge in [-0.1, -0.05) is 38.1 Å². The Hall–Kier alpha value is -1.23. The molecule has 0 spiro atoms. The van der Waals surface area contributed by atoms with Gasteiger partial charge in [0.15, 0.2) is 0 Å². The average molecular weight is 430 g/mol. The normalized spacial score (nSPS) is 40.7. The van der Waals surface area contributed by atoms with Crippen LogP contribution in [0.2, 0.25) is 0 Å². The van der Waals surface area contributed by atoms with Gasteiger partial charge in [0.05, 0.1) is 6.10 Å². The lowest BCUT2D eigenvalue weighted by Crippen LogP contribution is -2.53. The van der Waals surface area contributed by atoms with Crippen LogP contribution in [0.4, 0.5) is 4.39 Å². The second-order valence-electron chi connectivity index (χ2n) is 11.0. The summed E-state index contributed by atoms with van der Waals surface area (Å²) in [5.41, 5.74) is 2.80. The third-order valence-electron chi connectivity index (χ3n) is 9.59. The topological polar surface area (TPSA) is 52.5 Å². The summed E-state index contributed by atoms with van der Waals surface area (Å²) in [6.07, 6.45) is 6.95. The molecule has 3 fully saturated rings. The van der Waals surface area contributed by atoms with Crippen LogP contribution in [0.3, 0.4) is 0 Å². The first kappa shape index (κ1) is 22.9. The van der Waals surface area contributed by atoms with Crippen LogP contribution in [-0.4, -0.2) is 29.5 Å². The molecule has 3 aliphatic carbocycles. The highest BCUT2D eigenvalue weighted by molar-refractivity contribution is 5.21. The van der Waals surface area contributed by atoms with E-state index in [0.29, 0.717) is 24.2 Å². The molecule has 0 aliphatic heterocycles. The molecule has 1 aromatic rings. The Morgan fingerprint density at radius 2 is 1.84 bits per heavy atom. The van der Waals surface area contributed by atoms with Crippen molar-refractivity contribution in [3.63, 3.8) is 0 Å². The van der Waals surface area contributed by atoms with E-state index in [1.54, 1.807) is 0 Å². The summed E-state index contributed by atoms with van der Waals surface area (Å²) in [4.78, 5) is 0. The molecule has 0 unspecified atom stereocenters. The molecular formula is C27H40FNO2. The summed E-state index contributed by atoms with van der Waals surface area (Å²) in [6, 6.07) is 6.76. The Morgan fingerprint density at radius 3 is 2.55 bits per heavy atom. The summed E-state index contributed by atoms with van der Waals surface area (Å²) in [7, 11) is 0. The van der Waals surface area contributed by atoms with E-state index in [-0.39, 0.29) is 35.3 Å². The van der Waals surface area contributed by atoms with Crippen LogP contribution in [0, 0.1) is 40.3 Å². The van der Waals surface area contributed by atoms with Gasteiger partial charge in [-0.05, 0) is 104 Å². The summed E-state index contributed by atoms with van der Waals surface area (Å²) >= 11 is 0. The lowest BCUT2D eigenvalue weighted by Gasteiger charge is -2.56. The Balaban J connectivity index is 1.56. The van der Waals surface area contributed by atoms with Crippen molar-refractivity contribution in [3.05, 3.63) is 47.8 Å². The first-order valence-electron chi connectivity index (χ1n) is 12.2. The fourth-order valence-electron chi connectivity index (χ4n) is 7.45. The van der Waals surface area contributed by atoms with Crippen LogP contribution < -0.4 is 5.32 Å². The average Bonchev–Trinajstić information content (AvgIpc) is 3.06. The first-order chi connectivity index (χ1) is 14.8. The Kier molecular flexibility index (Phi) is 6.63. The molecule has 0 heterocycles. The largest absolute Gasteiger partial charge is 0.396 e. The molecule has 0 amide bonds. The predicted octanol–water partition coefficient (Wildman–Crippen LogP) is 5.07. The fourth-order valence-corrected chi connectivity index (χ4v) is 7.45. The van der Waals surface area contributed by atoms with Crippen molar-refractivity contribution in [1.82, 2.24) is 5.32 Å². The Morgan fingerprint density at radius 1 is 1.10 bits per heavy atom. The van der Waals surface area contributed by atoms with Crippen LogP contribution >= 0.6 is 0 Å². The third kappa shape index (κ3) is 4.24. The number of hydrogen-bond donors (Lipinski definition) is 3. The van der Waals surface area contributed by atoms with Gasteiger partial charge in [0, 0.05) is 13.2 Å². The smallest absolute Gasteiger partial charge is 0.123 e. The van der Waals surface area contributed by atoms with Gasteiger partial charge >= 0.3 is 0 Å². The van der Waals surface area contributed by atoms with Gasteiger partial charge in [0.25, 0.3) is 0 Å². The van der Waals surface area contributed by atoms with Gasteiger partial charge in [0.1, 0.15) is 5.82 Å². The minimum atomic E-state index is -0.277. The predicted molar refractivity (Wildman–Crippen MR) is 123 cm³/mol. The van der Waals surface area contributed by atoms with Crippen molar-refractivity contribution in [2.45, 2.75) is 71.4 Å². The SMILES string of the molecule is C=C1CC[C@H]2[C@H](CNCc3ccc(F)cc3)[C@@H]([C@@]3(C)CC[C@H](O)C[C@@H]3CO)CC[C@]12C. The number of hydrogen-bond acceptors (Lipinski definition) is 3. The number of aliphatic hydroxyl groups excluding tert-OH is 2. The van der Waals surface area contributed by atoms with Crippen molar-refractivity contribution < 1.29 is 14.6 Å². The van der Waals surface area contributed by atoms with Crippen molar-refractivity contribution in [2.75, 3.05) is 13.2 Å². The fraction of sp³-hybridized carbons (Fsp3) is 0.704. The van der Waals surface area contributed by atoms with Crippen molar-refractivity contribution in [3.8, 4) is 0 Å². The maximum Gasteiger partial charge on any atom is 0.123 e. The van der Waals surface area contributed by atoms with Crippen LogP contribution in [0.1, 0.15) is 64.4 Å². The van der Waals surface area contributed by atoms with E-state index in [1.807, 2.05) is 12.1 Å². The van der Waals surface area contributed by atoms with E-state index in [4.69, 9.17) is 0 Å². The van der Waals surface area contributed by atoms with Crippen molar-refractivity contribution >= 4 is 0 Å².